The van der Waals surface area contributed by atoms with Gasteiger partial charge in [-0.25, -0.2) is 9.37 Å². The van der Waals surface area contributed by atoms with Gasteiger partial charge in [0.15, 0.2) is 0 Å². The molecule has 1 atom stereocenters. The minimum atomic E-state index is -0.236. The summed E-state index contributed by atoms with van der Waals surface area (Å²) < 4.78 is 15.6. The number of benzene rings is 1. The van der Waals surface area contributed by atoms with Gasteiger partial charge < -0.3 is 4.57 Å². The molecule has 114 valence electrons. The average Bonchev–Trinajstić information content (AvgIpc) is 3.04. The second-order valence-electron chi connectivity index (χ2n) is 5.64. The summed E-state index contributed by atoms with van der Waals surface area (Å²) in [6.45, 7) is 5.38. The Morgan fingerprint density at radius 3 is 3.05 bits per heavy atom. The van der Waals surface area contributed by atoms with E-state index in [2.05, 4.69) is 21.4 Å². The van der Waals surface area contributed by atoms with Gasteiger partial charge in [-0.2, -0.15) is 0 Å². The molecule has 2 aromatic rings. The van der Waals surface area contributed by atoms with Gasteiger partial charge in [0.1, 0.15) is 11.6 Å². The highest BCUT2D eigenvalue weighted by Gasteiger charge is 2.25. The number of hydrogen-bond acceptors (Lipinski definition) is 2. The molecule has 0 saturated carbocycles. The van der Waals surface area contributed by atoms with Crippen molar-refractivity contribution in [1.29, 1.82) is 0 Å². The Hall–Kier alpha value is -1.13. The molecule has 0 spiro atoms. The molecule has 0 aliphatic carbocycles. The van der Waals surface area contributed by atoms with Crippen LogP contribution in [0, 0.1) is 5.82 Å². The van der Waals surface area contributed by atoms with Crippen molar-refractivity contribution in [3.8, 4) is 0 Å². The Bertz CT molecular complexity index is 625. The van der Waals surface area contributed by atoms with E-state index in [-0.39, 0.29) is 5.82 Å². The molecule has 1 aliphatic heterocycles. The van der Waals surface area contributed by atoms with Crippen LogP contribution in [0.3, 0.4) is 0 Å². The van der Waals surface area contributed by atoms with Gasteiger partial charge in [0.05, 0.1) is 11.0 Å². The van der Waals surface area contributed by atoms with Crippen LogP contribution in [0.1, 0.15) is 25.6 Å². The third kappa shape index (κ3) is 2.92. The van der Waals surface area contributed by atoms with Gasteiger partial charge in [-0.15, -0.1) is 11.6 Å². The molecule has 5 heteroatoms. The van der Waals surface area contributed by atoms with E-state index in [0.717, 1.165) is 36.4 Å². The predicted molar refractivity (Wildman–Crippen MR) is 84.4 cm³/mol. The molecule has 2 heterocycles. The monoisotopic (exact) mass is 309 g/mol. The molecule has 1 unspecified atom stereocenters. The maximum Gasteiger partial charge on any atom is 0.125 e. The van der Waals surface area contributed by atoms with Gasteiger partial charge in [-0.1, -0.05) is 6.92 Å². The molecule has 3 nitrogen and oxygen atoms in total. The summed E-state index contributed by atoms with van der Waals surface area (Å²) in [5.74, 6) is 1.27. The predicted octanol–water partition coefficient (Wildman–Crippen LogP) is 3.44. The average molecular weight is 310 g/mol. The molecule has 0 amide bonds. The lowest BCUT2D eigenvalue weighted by Gasteiger charge is -2.24. The van der Waals surface area contributed by atoms with Crippen LogP contribution in [-0.2, 0) is 13.0 Å². The number of likely N-dealkylation sites (N-methyl/N-ethyl adjacent to an activating group) is 1. The second kappa shape index (κ2) is 6.32. The summed E-state index contributed by atoms with van der Waals surface area (Å²) >= 11 is 5.90. The van der Waals surface area contributed by atoms with E-state index in [9.17, 15) is 4.39 Å². The molecule has 1 aromatic carbocycles. The van der Waals surface area contributed by atoms with Crippen LogP contribution < -0.4 is 0 Å². The number of nitrogens with zero attached hydrogens (tertiary/aromatic N) is 3. The second-order valence-corrected chi connectivity index (χ2v) is 6.01. The number of alkyl halides is 1. The van der Waals surface area contributed by atoms with Gasteiger partial charge in [0.2, 0.25) is 0 Å². The van der Waals surface area contributed by atoms with Crippen molar-refractivity contribution in [1.82, 2.24) is 14.5 Å². The molecule has 1 aliphatic rings. The Morgan fingerprint density at radius 1 is 1.43 bits per heavy atom. The summed E-state index contributed by atoms with van der Waals surface area (Å²) in [5, 5.41) is 0. The van der Waals surface area contributed by atoms with Gasteiger partial charge in [-0.05, 0) is 38.1 Å². The number of halogens is 2. The normalized spacial score (nSPS) is 19.7. The number of fused-ring (bicyclic) bond motifs is 1. The van der Waals surface area contributed by atoms with Crippen LogP contribution in [-0.4, -0.2) is 39.5 Å². The summed E-state index contributed by atoms with van der Waals surface area (Å²) in [6, 6.07) is 5.40. The fourth-order valence-corrected chi connectivity index (χ4v) is 3.53. The van der Waals surface area contributed by atoms with E-state index >= 15 is 0 Å². The largest absolute Gasteiger partial charge is 0.326 e. The maximum absolute atomic E-state index is 13.4. The third-order valence-electron chi connectivity index (χ3n) is 4.41. The smallest absolute Gasteiger partial charge is 0.125 e. The minimum absolute atomic E-state index is 0.236. The molecule has 1 aromatic heterocycles. The molecule has 1 fully saturated rings. The number of likely N-dealkylation sites (tertiary alicyclic amines) is 1. The Morgan fingerprint density at radius 2 is 2.29 bits per heavy atom. The van der Waals surface area contributed by atoms with Gasteiger partial charge >= 0.3 is 0 Å². The first-order valence-electron chi connectivity index (χ1n) is 7.67. The number of aromatic nitrogens is 2. The van der Waals surface area contributed by atoms with Crippen LogP contribution in [0.4, 0.5) is 4.39 Å². The molecule has 0 radical (unpaired) electrons. The zero-order chi connectivity index (χ0) is 14.8. The molecular formula is C16H21ClFN3. The lowest BCUT2D eigenvalue weighted by molar-refractivity contribution is 0.244. The van der Waals surface area contributed by atoms with Gasteiger partial charge in [0.25, 0.3) is 0 Å². The first kappa shape index (κ1) is 14.8. The minimum Gasteiger partial charge on any atom is -0.326 e. The van der Waals surface area contributed by atoms with E-state index in [1.807, 2.05) is 6.07 Å². The number of hydrogen-bond donors (Lipinski definition) is 0. The SMILES string of the molecule is CCN1CCCC1Cn1c(CCCl)nc2cc(F)ccc21. The summed E-state index contributed by atoms with van der Waals surface area (Å²) in [7, 11) is 0. The van der Waals surface area contributed by atoms with Crippen molar-refractivity contribution in [2.24, 2.45) is 0 Å². The topological polar surface area (TPSA) is 21.1 Å². The van der Waals surface area contributed by atoms with Crippen molar-refractivity contribution < 1.29 is 4.39 Å². The van der Waals surface area contributed by atoms with Crippen molar-refractivity contribution in [3.05, 3.63) is 29.8 Å². The third-order valence-corrected chi connectivity index (χ3v) is 4.59. The standard InChI is InChI=1S/C16H21ClFN3/c1-2-20-9-3-4-13(20)11-21-15-6-5-12(18)10-14(15)19-16(21)7-8-17/h5-6,10,13H,2-4,7-9,11H2,1H3. The first-order valence-corrected chi connectivity index (χ1v) is 8.21. The zero-order valence-corrected chi connectivity index (χ0v) is 13.1. The maximum atomic E-state index is 13.4. The fourth-order valence-electron chi connectivity index (χ4n) is 3.36. The number of rotatable bonds is 5. The molecule has 3 rings (SSSR count). The van der Waals surface area contributed by atoms with Crippen LogP contribution in [0.5, 0.6) is 0 Å². The highest BCUT2D eigenvalue weighted by Crippen LogP contribution is 2.23. The van der Waals surface area contributed by atoms with E-state index < -0.39 is 0 Å². The quantitative estimate of drug-likeness (QED) is 0.789. The number of aryl methyl sites for hydroxylation is 1. The Kier molecular flexibility index (Phi) is 4.45. The number of imidazole rings is 1. The molecule has 1 saturated heterocycles. The van der Waals surface area contributed by atoms with Crippen LogP contribution in [0.15, 0.2) is 18.2 Å². The lowest BCUT2D eigenvalue weighted by atomic mass is 10.2. The molecule has 0 N–H and O–H groups in total. The highest BCUT2D eigenvalue weighted by atomic mass is 35.5. The molecule has 0 bridgehead atoms. The first-order chi connectivity index (χ1) is 10.2. The van der Waals surface area contributed by atoms with Crippen molar-refractivity contribution in [2.75, 3.05) is 19.0 Å². The van der Waals surface area contributed by atoms with E-state index in [0.29, 0.717) is 11.9 Å². The lowest BCUT2D eigenvalue weighted by Crippen LogP contribution is -2.33. The van der Waals surface area contributed by atoms with Crippen molar-refractivity contribution >= 4 is 22.6 Å². The van der Waals surface area contributed by atoms with E-state index in [1.54, 1.807) is 0 Å². The van der Waals surface area contributed by atoms with Crippen molar-refractivity contribution in [2.45, 2.75) is 38.8 Å². The zero-order valence-electron chi connectivity index (χ0n) is 12.4. The summed E-state index contributed by atoms with van der Waals surface area (Å²) in [5.41, 5.74) is 1.75. The van der Waals surface area contributed by atoms with Crippen LogP contribution in [0.25, 0.3) is 11.0 Å². The Labute approximate surface area is 129 Å². The van der Waals surface area contributed by atoms with Crippen molar-refractivity contribution in [3.63, 3.8) is 0 Å². The van der Waals surface area contributed by atoms with E-state index in [1.165, 1.54) is 31.5 Å². The molecular weight excluding hydrogens is 289 g/mol. The summed E-state index contributed by atoms with van der Waals surface area (Å²) in [4.78, 5) is 7.09. The van der Waals surface area contributed by atoms with Crippen LogP contribution in [0.2, 0.25) is 0 Å². The van der Waals surface area contributed by atoms with Gasteiger partial charge in [0, 0.05) is 31.0 Å². The molecule has 21 heavy (non-hydrogen) atoms. The van der Waals surface area contributed by atoms with Gasteiger partial charge in [-0.3, -0.25) is 4.90 Å². The highest BCUT2D eigenvalue weighted by molar-refractivity contribution is 6.17. The summed E-state index contributed by atoms with van der Waals surface area (Å²) in [6.07, 6.45) is 3.19. The Balaban J connectivity index is 1.96. The van der Waals surface area contributed by atoms with E-state index in [4.69, 9.17) is 11.6 Å². The fraction of sp³-hybridized carbons (Fsp3) is 0.562. The van der Waals surface area contributed by atoms with Crippen LogP contribution >= 0.6 is 11.6 Å².